The molecule has 0 aliphatic heterocycles. The largest absolute Gasteiger partial charge is 0.389 e. The van der Waals surface area contributed by atoms with Gasteiger partial charge in [-0.2, -0.15) is 4.98 Å². The van der Waals surface area contributed by atoms with Crippen LogP contribution >= 0.6 is 11.8 Å². The van der Waals surface area contributed by atoms with E-state index < -0.39 is 16.7 Å². The van der Waals surface area contributed by atoms with Gasteiger partial charge in [0.05, 0.1) is 5.60 Å². The molecular formula is C11H17N3O3S. The maximum absolute atomic E-state index is 11.2. The van der Waals surface area contributed by atoms with Crippen molar-refractivity contribution >= 4 is 11.8 Å². The first-order valence-corrected chi connectivity index (χ1v) is 7.01. The van der Waals surface area contributed by atoms with Gasteiger partial charge in [0.2, 0.25) is 0 Å². The number of aromatic nitrogens is 3. The van der Waals surface area contributed by atoms with Crippen LogP contribution in [0.4, 0.5) is 0 Å². The molecule has 1 saturated carbocycles. The van der Waals surface area contributed by atoms with E-state index in [1.54, 1.807) is 7.05 Å². The summed E-state index contributed by atoms with van der Waals surface area (Å²) in [6.07, 6.45) is 4.82. The van der Waals surface area contributed by atoms with Crippen molar-refractivity contribution in [2.75, 3.05) is 5.75 Å². The smallest absolute Gasteiger partial charge is 0.339 e. The number of aromatic amines is 1. The lowest BCUT2D eigenvalue weighted by Gasteiger charge is -2.31. The molecule has 0 saturated heterocycles. The summed E-state index contributed by atoms with van der Waals surface area (Å²) in [4.78, 5) is 25.9. The SMILES string of the molecule is Cn1[nH]c(=O)c(=O)nc1SCC1(O)CCCCC1. The highest BCUT2D eigenvalue weighted by molar-refractivity contribution is 7.99. The minimum atomic E-state index is -0.786. The van der Waals surface area contributed by atoms with Gasteiger partial charge < -0.3 is 5.11 Å². The molecule has 0 spiro atoms. The van der Waals surface area contributed by atoms with Gasteiger partial charge in [-0.3, -0.25) is 19.4 Å². The highest BCUT2D eigenvalue weighted by Crippen LogP contribution is 2.32. The van der Waals surface area contributed by atoms with E-state index in [2.05, 4.69) is 10.1 Å². The van der Waals surface area contributed by atoms with Crippen LogP contribution in [0, 0.1) is 0 Å². The second kappa shape index (κ2) is 5.27. The molecule has 1 aliphatic carbocycles. The van der Waals surface area contributed by atoms with Gasteiger partial charge in [-0.1, -0.05) is 31.0 Å². The summed E-state index contributed by atoms with van der Waals surface area (Å²) >= 11 is 1.31. The first-order valence-electron chi connectivity index (χ1n) is 6.03. The van der Waals surface area contributed by atoms with Crippen molar-refractivity contribution in [3.63, 3.8) is 0 Å². The molecule has 1 aromatic rings. The van der Waals surface area contributed by atoms with Gasteiger partial charge in [0.1, 0.15) is 0 Å². The average Bonchev–Trinajstić information content (AvgIpc) is 2.33. The second-order valence-corrected chi connectivity index (χ2v) is 5.72. The fraction of sp³-hybridized carbons (Fsp3) is 0.727. The lowest BCUT2D eigenvalue weighted by molar-refractivity contribution is 0.0272. The van der Waals surface area contributed by atoms with E-state index >= 15 is 0 Å². The van der Waals surface area contributed by atoms with Crippen molar-refractivity contribution in [3.8, 4) is 0 Å². The first kappa shape index (κ1) is 13.4. The van der Waals surface area contributed by atoms with Crippen molar-refractivity contribution < 1.29 is 5.11 Å². The Labute approximate surface area is 108 Å². The van der Waals surface area contributed by atoms with Gasteiger partial charge in [0.15, 0.2) is 5.16 Å². The molecule has 6 nitrogen and oxygen atoms in total. The zero-order valence-electron chi connectivity index (χ0n) is 10.3. The van der Waals surface area contributed by atoms with Crippen molar-refractivity contribution in [1.29, 1.82) is 0 Å². The zero-order valence-corrected chi connectivity index (χ0v) is 11.1. The molecule has 1 aromatic heterocycles. The van der Waals surface area contributed by atoms with E-state index in [1.807, 2.05) is 0 Å². The Bertz CT molecular complexity index is 531. The summed E-state index contributed by atoms with van der Waals surface area (Å²) in [6, 6.07) is 0. The van der Waals surface area contributed by atoms with Crippen LogP contribution in [0.5, 0.6) is 0 Å². The van der Waals surface area contributed by atoms with E-state index in [9.17, 15) is 14.7 Å². The minimum Gasteiger partial charge on any atom is -0.389 e. The molecule has 2 N–H and O–H groups in total. The van der Waals surface area contributed by atoms with Crippen molar-refractivity contribution in [1.82, 2.24) is 14.8 Å². The van der Waals surface area contributed by atoms with Crippen LogP contribution in [0.2, 0.25) is 0 Å². The van der Waals surface area contributed by atoms with E-state index in [1.165, 1.54) is 22.9 Å². The van der Waals surface area contributed by atoms with Crippen LogP contribution in [0.1, 0.15) is 32.1 Å². The van der Waals surface area contributed by atoms with Crippen molar-refractivity contribution in [2.24, 2.45) is 7.05 Å². The standard InChI is InChI=1S/C11H17N3O3S/c1-14-10(12-8(15)9(16)13-14)18-7-11(17)5-3-2-4-6-11/h17H,2-7H2,1H3,(H,13,16). The Morgan fingerprint density at radius 2 is 2.06 bits per heavy atom. The van der Waals surface area contributed by atoms with Gasteiger partial charge in [-0.25, -0.2) is 0 Å². The summed E-state index contributed by atoms with van der Waals surface area (Å²) in [6.45, 7) is 0. The monoisotopic (exact) mass is 271 g/mol. The van der Waals surface area contributed by atoms with Gasteiger partial charge in [-0.15, -0.1) is 0 Å². The van der Waals surface area contributed by atoms with Gasteiger partial charge in [0.25, 0.3) is 0 Å². The number of thioether (sulfide) groups is 1. The van der Waals surface area contributed by atoms with Crippen LogP contribution in [-0.2, 0) is 7.05 Å². The first-order chi connectivity index (χ1) is 8.50. The van der Waals surface area contributed by atoms with Crippen molar-refractivity contribution in [2.45, 2.75) is 42.9 Å². The highest BCUT2D eigenvalue weighted by Gasteiger charge is 2.29. The molecule has 0 amide bonds. The number of hydrogen-bond donors (Lipinski definition) is 2. The van der Waals surface area contributed by atoms with Crippen LogP contribution in [0.15, 0.2) is 14.7 Å². The van der Waals surface area contributed by atoms with Gasteiger partial charge in [0, 0.05) is 12.8 Å². The van der Waals surface area contributed by atoms with Gasteiger partial charge in [-0.05, 0) is 12.8 Å². The number of H-pyrrole nitrogens is 1. The van der Waals surface area contributed by atoms with Crippen LogP contribution in [-0.4, -0.2) is 31.2 Å². The molecule has 0 atom stereocenters. The Kier molecular flexibility index (Phi) is 3.91. The normalized spacial score (nSPS) is 18.8. The van der Waals surface area contributed by atoms with E-state index in [4.69, 9.17) is 0 Å². The summed E-state index contributed by atoms with van der Waals surface area (Å²) in [5, 5.41) is 13.2. The quantitative estimate of drug-likeness (QED) is 0.608. The van der Waals surface area contributed by atoms with E-state index in [0.717, 1.165) is 25.7 Å². The predicted octanol–water partition coefficient (Wildman–Crippen LogP) is 0.256. The van der Waals surface area contributed by atoms with Crippen molar-refractivity contribution in [3.05, 3.63) is 20.7 Å². The predicted molar refractivity (Wildman–Crippen MR) is 68.9 cm³/mol. The Morgan fingerprint density at radius 3 is 2.72 bits per heavy atom. The number of aryl methyl sites for hydroxylation is 1. The van der Waals surface area contributed by atoms with E-state index in [0.29, 0.717) is 10.9 Å². The lowest BCUT2D eigenvalue weighted by Crippen LogP contribution is -2.36. The zero-order chi connectivity index (χ0) is 13.2. The maximum atomic E-state index is 11.2. The third-order valence-electron chi connectivity index (χ3n) is 3.20. The molecule has 0 radical (unpaired) electrons. The summed E-state index contributed by atoms with van der Waals surface area (Å²) < 4.78 is 1.42. The molecule has 18 heavy (non-hydrogen) atoms. The number of hydrogen-bond acceptors (Lipinski definition) is 5. The Morgan fingerprint density at radius 1 is 1.39 bits per heavy atom. The fourth-order valence-corrected chi connectivity index (χ4v) is 3.22. The minimum absolute atomic E-state index is 0.429. The molecule has 1 aliphatic rings. The molecule has 0 unspecified atom stereocenters. The lowest BCUT2D eigenvalue weighted by atomic mass is 9.86. The van der Waals surface area contributed by atoms with E-state index in [-0.39, 0.29) is 0 Å². The summed E-state index contributed by atoms with van der Waals surface area (Å²) in [7, 11) is 1.63. The molecule has 0 bridgehead atoms. The average molecular weight is 271 g/mol. The number of rotatable bonds is 3. The maximum Gasteiger partial charge on any atom is 0.339 e. The molecule has 7 heteroatoms. The number of nitrogens with zero attached hydrogens (tertiary/aromatic N) is 2. The molecule has 1 fully saturated rings. The van der Waals surface area contributed by atoms with Crippen LogP contribution in [0.25, 0.3) is 0 Å². The Hall–Kier alpha value is -1.08. The molecule has 0 aromatic carbocycles. The molecule has 1 heterocycles. The highest BCUT2D eigenvalue weighted by atomic mass is 32.2. The second-order valence-electron chi connectivity index (χ2n) is 4.77. The molecular weight excluding hydrogens is 254 g/mol. The third-order valence-corrected chi connectivity index (χ3v) is 4.51. The molecule has 100 valence electrons. The Balaban J connectivity index is 2.08. The number of aliphatic hydroxyl groups is 1. The summed E-state index contributed by atoms with van der Waals surface area (Å²) in [5.41, 5.74) is -2.18. The number of nitrogens with one attached hydrogen (secondary N) is 1. The third kappa shape index (κ3) is 3.02. The van der Waals surface area contributed by atoms with Gasteiger partial charge >= 0.3 is 11.1 Å². The van der Waals surface area contributed by atoms with Crippen LogP contribution < -0.4 is 11.1 Å². The molecule has 2 rings (SSSR count). The summed E-state index contributed by atoms with van der Waals surface area (Å²) in [5.74, 6) is 0.499. The fourth-order valence-electron chi connectivity index (χ4n) is 2.14. The van der Waals surface area contributed by atoms with Crippen LogP contribution in [0.3, 0.4) is 0 Å². The topological polar surface area (TPSA) is 88.0 Å².